The zero-order valence-corrected chi connectivity index (χ0v) is 4.17. The van der Waals surface area contributed by atoms with E-state index in [0.717, 1.165) is 12.8 Å². The quantitative estimate of drug-likeness (QED) is 0.222. The van der Waals surface area contributed by atoms with E-state index in [2.05, 4.69) is 5.10 Å². The lowest BCUT2D eigenvalue weighted by Crippen LogP contribution is -1.86. The predicted octanol–water partition coefficient (Wildman–Crippen LogP) is -0.297. The predicted molar refractivity (Wildman–Crippen MR) is 29.0 cm³/mol. The molecular formula is C4H10N2O. The van der Waals surface area contributed by atoms with Crippen molar-refractivity contribution in [3.8, 4) is 0 Å². The van der Waals surface area contributed by atoms with Crippen LogP contribution in [0.2, 0.25) is 0 Å². The maximum absolute atomic E-state index is 8.19. The number of nitrogens with zero attached hydrogens (tertiary/aromatic N) is 1. The molecule has 3 nitrogen and oxygen atoms in total. The van der Waals surface area contributed by atoms with Crippen LogP contribution in [0.3, 0.4) is 0 Å². The Morgan fingerprint density at radius 3 is 2.86 bits per heavy atom. The molecule has 0 aliphatic rings. The third-order valence-electron chi connectivity index (χ3n) is 0.597. The molecule has 42 valence electrons. The minimum Gasteiger partial charge on any atom is -0.396 e. The van der Waals surface area contributed by atoms with E-state index in [1.165, 1.54) is 0 Å². The van der Waals surface area contributed by atoms with E-state index in [1.807, 2.05) is 0 Å². The third-order valence-corrected chi connectivity index (χ3v) is 0.597. The SMILES string of the molecule is N/N=C\CCCO. The highest BCUT2D eigenvalue weighted by molar-refractivity contribution is 5.56. The molecule has 3 heteroatoms. The van der Waals surface area contributed by atoms with Gasteiger partial charge in [0.05, 0.1) is 0 Å². The second kappa shape index (κ2) is 5.43. The molecule has 0 rings (SSSR count). The van der Waals surface area contributed by atoms with Crippen molar-refractivity contribution >= 4 is 6.21 Å². The van der Waals surface area contributed by atoms with Gasteiger partial charge in [-0.05, 0) is 12.8 Å². The zero-order chi connectivity index (χ0) is 5.54. The van der Waals surface area contributed by atoms with E-state index in [0.29, 0.717) is 0 Å². The number of aliphatic hydroxyl groups excluding tert-OH is 1. The molecular weight excluding hydrogens is 92.1 g/mol. The zero-order valence-electron chi connectivity index (χ0n) is 4.17. The van der Waals surface area contributed by atoms with Crippen LogP contribution in [0.5, 0.6) is 0 Å². The first-order valence-electron chi connectivity index (χ1n) is 2.24. The van der Waals surface area contributed by atoms with Crippen LogP contribution in [-0.2, 0) is 0 Å². The van der Waals surface area contributed by atoms with E-state index in [9.17, 15) is 0 Å². The fourth-order valence-corrected chi connectivity index (χ4v) is 0.257. The highest BCUT2D eigenvalue weighted by Gasteiger charge is 1.75. The number of hydrazone groups is 1. The number of unbranched alkanes of at least 4 members (excludes halogenated alkanes) is 1. The lowest BCUT2D eigenvalue weighted by atomic mass is 10.3. The van der Waals surface area contributed by atoms with E-state index < -0.39 is 0 Å². The summed E-state index contributed by atoms with van der Waals surface area (Å²) < 4.78 is 0. The molecule has 0 saturated carbocycles. The average Bonchev–Trinajstić information content (AvgIpc) is 1.69. The minimum atomic E-state index is 0.214. The summed E-state index contributed by atoms with van der Waals surface area (Å²) in [6.07, 6.45) is 3.10. The van der Waals surface area contributed by atoms with Gasteiger partial charge in [0.1, 0.15) is 0 Å². The summed E-state index contributed by atoms with van der Waals surface area (Å²) >= 11 is 0. The molecule has 0 radical (unpaired) electrons. The highest BCUT2D eigenvalue weighted by atomic mass is 16.2. The molecule has 0 aromatic carbocycles. The van der Waals surface area contributed by atoms with Gasteiger partial charge >= 0.3 is 0 Å². The summed E-state index contributed by atoms with van der Waals surface area (Å²) in [6, 6.07) is 0. The fourth-order valence-electron chi connectivity index (χ4n) is 0.257. The van der Waals surface area contributed by atoms with Crippen molar-refractivity contribution in [3.63, 3.8) is 0 Å². The average molecular weight is 102 g/mol. The molecule has 0 saturated heterocycles. The van der Waals surface area contributed by atoms with E-state index in [-0.39, 0.29) is 6.61 Å². The van der Waals surface area contributed by atoms with Gasteiger partial charge in [0.25, 0.3) is 0 Å². The largest absolute Gasteiger partial charge is 0.396 e. The summed E-state index contributed by atoms with van der Waals surface area (Å²) in [6.45, 7) is 0.214. The number of hydrogen-bond acceptors (Lipinski definition) is 3. The van der Waals surface area contributed by atoms with Gasteiger partial charge in [-0.15, -0.1) is 0 Å². The van der Waals surface area contributed by atoms with Crippen LogP contribution in [0, 0.1) is 0 Å². The summed E-state index contributed by atoms with van der Waals surface area (Å²) in [5.74, 6) is 4.76. The molecule has 0 amide bonds. The lowest BCUT2D eigenvalue weighted by molar-refractivity contribution is 0.291. The van der Waals surface area contributed by atoms with Crippen molar-refractivity contribution < 1.29 is 5.11 Å². The van der Waals surface area contributed by atoms with Gasteiger partial charge in [0, 0.05) is 12.8 Å². The first-order valence-corrected chi connectivity index (χ1v) is 2.24. The molecule has 0 spiro atoms. The number of rotatable bonds is 3. The molecule has 0 aliphatic heterocycles. The van der Waals surface area contributed by atoms with Crippen molar-refractivity contribution in [2.24, 2.45) is 10.9 Å². The Balaban J connectivity index is 2.69. The first kappa shape index (κ1) is 6.43. The smallest absolute Gasteiger partial charge is 0.0434 e. The molecule has 3 N–H and O–H groups in total. The highest BCUT2D eigenvalue weighted by Crippen LogP contribution is 1.78. The molecule has 7 heavy (non-hydrogen) atoms. The minimum absolute atomic E-state index is 0.214. The third kappa shape index (κ3) is 5.43. The van der Waals surface area contributed by atoms with Crippen LogP contribution >= 0.6 is 0 Å². The van der Waals surface area contributed by atoms with Crippen molar-refractivity contribution in [1.82, 2.24) is 0 Å². The Bertz CT molecular complexity index is 53.7. The maximum atomic E-state index is 8.19. The molecule has 0 aromatic heterocycles. The van der Waals surface area contributed by atoms with Crippen LogP contribution in [-0.4, -0.2) is 17.9 Å². The molecule has 0 aromatic rings. The molecule has 0 atom stereocenters. The number of hydrogen-bond donors (Lipinski definition) is 2. The summed E-state index contributed by atoms with van der Waals surface area (Å²) in [5, 5.41) is 11.4. The van der Waals surface area contributed by atoms with Crippen molar-refractivity contribution in [3.05, 3.63) is 0 Å². The number of nitrogens with two attached hydrogens (primary N) is 1. The topological polar surface area (TPSA) is 58.6 Å². The monoisotopic (exact) mass is 102 g/mol. The van der Waals surface area contributed by atoms with Crippen LogP contribution in [0.4, 0.5) is 0 Å². The summed E-state index contributed by atoms with van der Waals surface area (Å²) in [4.78, 5) is 0. The Morgan fingerprint density at radius 2 is 2.43 bits per heavy atom. The Kier molecular flexibility index (Phi) is 4.99. The fraction of sp³-hybridized carbons (Fsp3) is 0.750. The second-order valence-corrected chi connectivity index (χ2v) is 1.20. The van der Waals surface area contributed by atoms with Crippen LogP contribution in [0.1, 0.15) is 12.8 Å². The van der Waals surface area contributed by atoms with Gasteiger partial charge in [-0.3, -0.25) is 0 Å². The van der Waals surface area contributed by atoms with Crippen LogP contribution < -0.4 is 5.84 Å². The van der Waals surface area contributed by atoms with Gasteiger partial charge in [-0.1, -0.05) is 0 Å². The van der Waals surface area contributed by atoms with Gasteiger partial charge in [0.15, 0.2) is 0 Å². The van der Waals surface area contributed by atoms with Crippen molar-refractivity contribution in [2.45, 2.75) is 12.8 Å². The lowest BCUT2D eigenvalue weighted by Gasteiger charge is -1.82. The molecule has 0 heterocycles. The molecule has 0 aliphatic carbocycles. The Morgan fingerprint density at radius 1 is 1.71 bits per heavy atom. The first-order chi connectivity index (χ1) is 3.41. The second-order valence-electron chi connectivity index (χ2n) is 1.20. The summed E-state index contributed by atoms with van der Waals surface area (Å²) in [5.41, 5.74) is 0. The van der Waals surface area contributed by atoms with Crippen LogP contribution in [0.25, 0.3) is 0 Å². The van der Waals surface area contributed by atoms with E-state index in [4.69, 9.17) is 10.9 Å². The maximum Gasteiger partial charge on any atom is 0.0434 e. The van der Waals surface area contributed by atoms with E-state index >= 15 is 0 Å². The normalized spacial score (nSPS) is 10.4. The van der Waals surface area contributed by atoms with Crippen molar-refractivity contribution in [1.29, 1.82) is 0 Å². The van der Waals surface area contributed by atoms with Gasteiger partial charge in [0.2, 0.25) is 0 Å². The van der Waals surface area contributed by atoms with Gasteiger partial charge in [-0.2, -0.15) is 5.10 Å². The van der Waals surface area contributed by atoms with Crippen molar-refractivity contribution in [2.75, 3.05) is 6.61 Å². The van der Waals surface area contributed by atoms with Crippen LogP contribution in [0.15, 0.2) is 5.10 Å². The van der Waals surface area contributed by atoms with Gasteiger partial charge in [-0.25, -0.2) is 0 Å². The van der Waals surface area contributed by atoms with Gasteiger partial charge < -0.3 is 10.9 Å². The molecule has 0 unspecified atom stereocenters. The molecule has 0 fully saturated rings. The standard InChI is InChI=1S/C4H10N2O/c5-6-3-1-2-4-7/h3,7H,1-2,4-5H2/b6-3-. The molecule has 0 bridgehead atoms. The number of aliphatic hydroxyl groups is 1. The Labute approximate surface area is 42.8 Å². The Hall–Kier alpha value is -0.570. The van der Waals surface area contributed by atoms with E-state index in [1.54, 1.807) is 6.21 Å². The summed E-state index contributed by atoms with van der Waals surface area (Å²) in [7, 11) is 0.